The van der Waals surface area contributed by atoms with Gasteiger partial charge in [-0.1, -0.05) is 31.9 Å². The number of benzene rings is 1. The van der Waals surface area contributed by atoms with Crippen molar-refractivity contribution >= 4 is 5.91 Å². The summed E-state index contributed by atoms with van der Waals surface area (Å²) in [5.41, 5.74) is 6.81. The largest absolute Gasteiger partial charge is 0.439 e. The van der Waals surface area contributed by atoms with E-state index in [1.54, 1.807) is 12.1 Å². The maximum absolute atomic E-state index is 11.0. The molecule has 1 aromatic heterocycles. The van der Waals surface area contributed by atoms with Gasteiger partial charge in [0.25, 0.3) is 0 Å². The van der Waals surface area contributed by atoms with Gasteiger partial charge in [0.2, 0.25) is 11.8 Å². The van der Waals surface area contributed by atoms with Gasteiger partial charge in [0, 0.05) is 12.3 Å². The summed E-state index contributed by atoms with van der Waals surface area (Å²) in [6.45, 7) is 4.29. The number of nitrogens with one attached hydrogen (secondary N) is 1. The van der Waals surface area contributed by atoms with Crippen LogP contribution in [0, 0.1) is 0 Å². The molecular formula is C19H25N3O2. The first-order chi connectivity index (χ1) is 11.7. The number of aromatic nitrogens is 1. The highest BCUT2D eigenvalue weighted by Crippen LogP contribution is 2.20. The third kappa shape index (κ3) is 6.01. The predicted molar refractivity (Wildman–Crippen MR) is 95.4 cm³/mol. The second-order valence-corrected chi connectivity index (χ2v) is 5.70. The summed E-state index contributed by atoms with van der Waals surface area (Å²) in [5.74, 6) is 0.654. The number of amides is 1. The Labute approximate surface area is 143 Å². The maximum atomic E-state index is 11.0. The minimum Gasteiger partial charge on any atom is -0.439 e. The molecular weight excluding hydrogens is 302 g/mol. The first kappa shape index (κ1) is 17.9. The van der Waals surface area contributed by atoms with Gasteiger partial charge in [-0.05, 0) is 49.7 Å². The second-order valence-electron chi connectivity index (χ2n) is 5.70. The molecule has 0 aliphatic rings. The van der Waals surface area contributed by atoms with Crippen LogP contribution in [0.1, 0.15) is 42.1 Å². The van der Waals surface area contributed by atoms with E-state index in [2.05, 4.69) is 29.4 Å². The summed E-state index contributed by atoms with van der Waals surface area (Å²) in [5, 5.41) is 3.46. The minimum atomic E-state index is -0.498. The molecule has 0 atom stereocenters. The SMILES string of the molecule is CCCCCNCCc1ccc(Oc2ccc(C(N)=O)cn2)cc1. The van der Waals surface area contributed by atoms with Gasteiger partial charge in [-0.3, -0.25) is 4.79 Å². The van der Waals surface area contributed by atoms with E-state index in [-0.39, 0.29) is 0 Å². The Morgan fingerprint density at radius 2 is 1.92 bits per heavy atom. The number of carbonyl (C=O) groups is 1. The molecule has 0 bridgehead atoms. The number of carbonyl (C=O) groups excluding carboxylic acids is 1. The average Bonchev–Trinajstić information content (AvgIpc) is 2.60. The number of nitrogens with zero attached hydrogens (tertiary/aromatic N) is 1. The molecule has 1 amide bonds. The first-order valence-corrected chi connectivity index (χ1v) is 8.42. The fourth-order valence-electron chi connectivity index (χ4n) is 2.29. The van der Waals surface area contributed by atoms with Crippen LogP contribution in [-0.2, 0) is 6.42 Å². The molecule has 24 heavy (non-hydrogen) atoms. The van der Waals surface area contributed by atoms with E-state index in [4.69, 9.17) is 10.5 Å². The number of nitrogens with two attached hydrogens (primary N) is 1. The lowest BCUT2D eigenvalue weighted by Gasteiger charge is -2.07. The molecule has 1 heterocycles. The lowest BCUT2D eigenvalue weighted by Crippen LogP contribution is -2.18. The van der Waals surface area contributed by atoms with Crippen LogP contribution in [0.2, 0.25) is 0 Å². The molecule has 0 aliphatic heterocycles. The van der Waals surface area contributed by atoms with Crippen molar-refractivity contribution in [1.82, 2.24) is 10.3 Å². The lowest BCUT2D eigenvalue weighted by molar-refractivity contribution is 0.1000. The van der Waals surface area contributed by atoms with E-state index < -0.39 is 5.91 Å². The number of pyridine rings is 1. The van der Waals surface area contributed by atoms with E-state index in [1.165, 1.54) is 31.0 Å². The van der Waals surface area contributed by atoms with Crippen molar-refractivity contribution in [2.45, 2.75) is 32.6 Å². The first-order valence-electron chi connectivity index (χ1n) is 8.42. The number of unbranched alkanes of at least 4 members (excludes halogenated alkanes) is 2. The highest BCUT2D eigenvalue weighted by molar-refractivity contribution is 5.92. The normalized spacial score (nSPS) is 10.5. The third-order valence-electron chi connectivity index (χ3n) is 3.71. The number of hydrogen-bond donors (Lipinski definition) is 2. The van der Waals surface area contributed by atoms with E-state index >= 15 is 0 Å². The van der Waals surface area contributed by atoms with Crippen molar-refractivity contribution in [3.8, 4) is 11.6 Å². The van der Waals surface area contributed by atoms with Crippen LogP contribution in [-0.4, -0.2) is 24.0 Å². The zero-order valence-corrected chi connectivity index (χ0v) is 14.1. The Morgan fingerprint density at radius 3 is 2.54 bits per heavy atom. The maximum Gasteiger partial charge on any atom is 0.250 e. The summed E-state index contributed by atoms with van der Waals surface area (Å²) in [4.78, 5) is 15.1. The van der Waals surface area contributed by atoms with Gasteiger partial charge in [0.05, 0.1) is 5.56 Å². The van der Waals surface area contributed by atoms with E-state index in [1.807, 2.05) is 12.1 Å². The van der Waals surface area contributed by atoms with Crippen molar-refractivity contribution in [2.75, 3.05) is 13.1 Å². The van der Waals surface area contributed by atoms with Gasteiger partial charge in [-0.15, -0.1) is 0 Å². The Bertz CT molecular complexity index is 624. The minimum absolute atomic E-state index is 0.365. The highest BCUT2D eigenvalue weighted by atomic mass is 16.5. The van der Waals surface area contributed by atoms with Crippen LogP contribution < -0.4 is 15.8 Å². The average molecular weight is 327 g/mol. The molecule has 0 unspecified atom stereocenters. The topological polar surface area (TPSA) is 77.2 Å². The van der Waals surface area contributed by atoms with Gasteiger partial charge in [0.15, 0.2) is 0 Å². The van der Waals surface area contributed by atoms with Gasteiger partial charge in [-0.2, -0.15) is 0 Å². The molecule has 5 heteroatoms. The van der Waals surface area contributed by atoms with Gasteiger partial charge >= 0.3 is 0 Å². The van der Waals surface area contributed by atoms with Gasteiger partial charge in [-0.25, -0.2) is 4.98 Å². The molecule has 2 aromatic rings. The van der Waals surface area contributed by atoms with Crippen molar-refractivity contribution in [3.05, 3.63) is 53.7 Å². The Morgan fingerprint density at radius 1 is 1.12 bits per heavy atom. The highest BCUT2D eigenvalue weighted by Gasteiger charge is 2.03. The van der Waals surface area contributed by atoms with Crippen molar-refractivity contribution in [2.24, 2.45) is 5.73 Å². The Balaban J connectivity index is 1.78. The van der Waals surface area contributed by atoms with Crippen molar-refractivity contribution in [3.63, 3.8) is 0 Å². The van der Waals surface area contributed by atoms with Gasteiger partial charge < -0.3 is 15.8 Å². The molecule has 0 aliphatic carbocycles. The zero-order chi connectivity index (χ0) is 17.2. The number of ether oxygens (including phenoxy) is 1. The van der Waals surface area contributed by atoms with Crippen molar-refractivity contribution in [1.29, 1.82) is 0 Å². The smallest absolute Gasteiger partial charge is 0.250 e. The summed E-state index contributed by atoms with van der Waals surface area (Å²) in [7, 11) is 0. The van der Waals surface area contributed by atoms with Crippen LogP contribution in [0.4, 0.5) is 0 Å². The zero-order valence-electron chi connectivity index (χ0n) is 14.1. The monoisotopic (exact) mass is 327 g/mol. The fraction of sp³-hybridized carbons (Fsp3) is 0.368. The molecule has 3 N–H and O–H groups in total. The molecule has 0 saturated carbocycles. The predicted octanol–water partition coefficient (Wildman–Crippen LogP) is 3.30. The van der Waals surface area contributed by atoms with E-state index in [0.717, 1.165) is 19.5 Å². The molecule has 0 fully saturated rings. The molecule has 0 radical (unpaired) electrons. The second kappa shape index (κ2) is 9.67. The molecule has 0 saturated heterocycles. The van der Waals surface area contributed by atoms with Crippen LogP contribution >= 0.6 is 0 Å². The number of primary amides is 1. The van der Waals surface area contributed by atoms with Crippen LogP contribution in [0.25, 0.3) is 0 Å². The standard InChI is InChI=1S/C19H25N3O2/c1-2-3-4-12-21-13-11-15-5-8-17(9-6-15)24-18-10-7-16(14-22-18)19(20)23/h5-10,14,21H,2-4,11-13H2,1H3,(H2,20,23). The van der Waals surface area contributed by atoms with Crippen LogP contribution in [0.3, 0.4) is 0 Å². The van der Waals surface area contributed by atoms with Crippen LogP contribution in [0.5, 0.6) is 11.6 Å². The Hall–Kier alpha value is -2.40. The summed E-state index contributed by atoms with van der Waals surface area (Å²) in [6, 6.07) is 11.2. The fourth-order valence-corrected chi connectivity index (χ4v) is 2.29. The molecule has 1 aromatic carbocycles. The van der Waals surface area contributed by atoms with E-state index in [9.17, 15) is 4.79 Å². The van der Waals surface area contributed by atoms with Crippen molar-refractivity contribution < 1.29 is 9.53 Å². The lowest BCUT2D eigenvalue weighted by atomic mass is 10.1. The Kier molecular flexibility index (Phi) is 7.23. The number of hydrogen-bond acceptors (Lipinski definition) is 4. The molecule has 128 valence electrons. The van der Waals surface area contributed by atoms with Crippen LogP contribution in [0.15, 0.2) is 42.6 Å². The van der Waals surface area contributed by atoms with Gasteiger partial charge in [0.1, 0.15) is 5.75 Å². The molecule has 2 rings (SSSR count). The third-order valence-corrected chi connectivity index (χ3v) is 3.71. The molecule has 0 spiro atoms. The summed E-state index contributed by atoms with van der Waals surface area (Å²) >= 11 is 0. The number of rotatable bonds is 10. The quantitative estimate of drug-likeness (QED) is 0.656. The molecule has 5 nitrogen and oxygen atoms in total. The van der Waals surface area contributed by atoms with E-state index in [0.29, 0.717) is 17.2 Å². The summed E-state index contributed by atoms with van der Waals surface area (Å²) in [6.07, 6.45) is 6.19. The summed E-state index contributed by atoms with van der Waals surface area (Å²) < 4.78 is 5.66.